The number of nitrogens with zero attached hydrogens (tertiary/aromatic N) is 3. The van der Waals surface area contributed by atoms with Crippen LogP contribution in [0.1, 0.15) is 31.5 Å². The molecule has 0 spiro atoms. The van der Waals surface area contributed by atoms with Crippen LogP contribution in [0.5, 0.6) is 0 Å². The molecule has 1 fully saturated rings. The van der Waals surface area contributed by atoms with Crippen molar-refractivity contribution in [1.29, 1.82) is 0 Å². The number of thiazole rings is 1. The SMILES string of the molecule is Cc1nc(NCc2ccc(F)cc2)nc(N[C@@H]2C[C@H](CO)[C@@H](C)[C@H]2C)c1-c1nc2ccccc2s1. The third-order valence-electron chi connectivity index (χ3n) is 7.28. The molecule has 182 valence electrons. The van der Waals surface area contributed by atoms with E-state index in [1.54, 1.807) is 23.5 Å². The summed E-state index contributed by atoms with van der Waals surface area (Å²) in [7, 11) is 0. The molecule has 1 aliphatic rings. The fraction of sp³-hybridized carbons (Fsp3) is 0.370. The van der Waals surface area contributed by atoms with Crippen LogP contribution in [0.15, 0.2) is 48.5 Å². The van der Waals surface area contributed by atoms with Crippen molar-refractivity contribution in [2.75, 3.05) is 17.2 Å². The van der Waals surface area contributed by atoms with Gasteiger partial charge in [-0.15, -0.1) is 11.3 Å². The van der Waals surface area contributed by atoms with Crippen molar-refractivity contribution in [1.82, 2.24) is 15.0 Å². The van der Waals surface area contributed by atoms with E-state index in [0.29, 0.717) is 24.3 Å². The molecule has 0 radical (unpaired) electrons. The average molecular weight is 492 g/mol. The van der Waals surface area contributed by atoms with Crippen molar-refractivity contribution in [3.63, 3.8) is 0 Å². The van der Waals surface area contributed by atoms with Gasteiger partial charge in [0.05, 0.1) is 21.5 Å². The van der Waals surface area contributed by atoms with E-state index in [-0.39, 0.29) is 24.4 Å². The summed E-state index contributed by atoms with van der Waals surface area (Å²) in [4.78, 5) is 14.5. The zero-order valence-corrected chi connectivity index (χ0v) is 20.9. The van der Waals surface area contributed by atoms with E-state index in [1.165, 1.54) is 12.1 Å². The lowest BCUT2D eigenvalue weighted by Crippen LogP contribution is -2.25. The highest BCUT2D eigenvalue weighted by atomic mass is 32.1. The number of fused-ring (bicyclic) bond motifs is 1. The Morgan fingerprint density at radius 1 is 1.03 bits per heavy atom. The molecule has 0 saturated heterocycles. The molecule has 0 aliphatic heterocycles. The Hall–Kier alpha value is -3.10. The molecule has 4 aromatic rings. The molecule has 6 nitrogen and oxygen atoms in total. The molecule has 3 N–H and O–H groups in total. The average Bonchev–Trinajstić information content (AvgIpc) is 3.39. The molecule has 5 rings (SSSR count). The van der Waals surface area contributed by atoms with Gasteiger partial charge in [-0.25, -0.2) is 14.4 Å². The van der Waals surface area contributed by atoms with Gasteiger partial charge in [-0.05, 0) is 60.9 Å². The van der Waals surface area contributed by atoms with Crippen molar-refractivity contribution in [3.05, 3.63) is 65.6 Å². The fourth-order valence-electron chi connectivity index (χ4n) is 4.93. The Morgan fingerprint density at radius 2 is 1.80 bits per heavy atom. The number of hydrogen-bond acceptors (Lipinski definition) is 7. The molecule has 0 bridgehead atoms. The summed E-state index contributed by atoms with van der Waals surface area (Å²) in [6.07, 6.45) is 0.888. The molecule has 2 aromatic heterocycles. The number of benzene rings is 2. The Balaban J connectivity index is 1.50. The lowest BCUT2D eigenvalue weighted by Gasteiger charge is -2.22. The molecule has 0 unspecified atom stereocenters. The number of nitrogens with one attached hydrogen (secondary N) is 2. The highest BCUT2D eigenvalue weighted by Crippen LogP contribution is 2.41. The lowest BCUT2D eigenvalue weighted by atomic mass is 9.92. The summed E-state index contributed by atoms with van der Waals surface area (Å²) in [5.74, 6) is 2.09. The number of aromatic nitrogens is 3. The number of anilines is 2. The van der Waals surface area contributed by atoms with Crippen molar-refractivity contribution in [3.8, 4) is 10.6 Å². The Labute approximate surface area is 208 Å². The van der Waals surface area contributed by atoms with Gasteiger partial charge in [0.15, 0.2) is 0 Å². The van der Waals surface area contributed by atoms with Crippen LogP contribution < -0.4 is 10.6 Å². The van der Waals surface area contributed by atoms with Gasteiger partial charge in [-0.3, -0.25) is 0 Å². The normalized spacial score (nSPS) is 22.0. The summed E-state index contributed by atoms with van der Waals surface area (Å²) in [5, 5.41) is 17.7. The van der Waals surface area contributed by atoms with Crippen LogP contribution in [-0.2, 0) is 6.54 Å². The summed E-state index contributed by atoms with van der Waals surface area (Å²) in [6, 6.07) is 14.7. The first-order valence-electron chi connectivity index (χ1n) is 12.0. The van der Waals surface area contributed by atoms with Crippen LogP contribution in [-0.4, -0.2) is 32.7 Å². The highest BCUT2D eigenvalue weighted by molar-refractivity contribution is 7.21. The Kier molecular flexibility index (Phi) is 6.67. The van der Waals surface area contributed by atoms with E-state index < -0.39 is 0 Å². The van der Waals surface area contributed by atoms with Crippen molar-refractivity contribution < 1.29 is 9.50 Å². The molecular formula is C27H30FN5OS. The predicted molar refractivity (Wildman–Crippen MR) is 140 cm³/mol. The first kappa shape index (κ1) is 23.6. The molecule has 1 aliphatic carbocycles. The highest BCUT2D eigenvalue weighted by Gasteiger charge is 2.38. The first-order valence-corrected chi connectivity index (χ1v) is 12.8. The van der Waals surface area contributed by atoms with E-state index in [4.69, 9.17) is 15.0 Å². The van der Waals surface area contributed by atoms with Crippen LogP contribution in [0.4, 0.5) is 16.2 Å². The second-order valence-electron chi connectivity index (χ2n) is 9.47. The van der Waals surface area contributed by atoms with E-state index >= 15 is 0 Å². The molecule has 2 heterocycles. The molecule has 1 saturated carbocycles. The van der Waals surface area contributed by atoms with Gasteiger partial charge in [0.25, 0.3) is 0 Å². The number of para-hydroxylation sites is 1. The van der Waals surface area contributed by atoms with Crippen LogP contribution in [0.2, 0.25) is 0 Å². The molecular weight excluding hydrogens is 461 g/mol. The monoisotopic (exact) mass is 491 g/mol. The summed E-state index contributed by atoms with van der Waals surface area (Å²) < 4.78 is 14.4. The zero-order chi connectivity index (χ0) is 24.5. The standard InChI is InChI=1S/C27H30FN5OS/c1-15-16(2)22(12-19(15)14-34)31-25-24(26-32-21-6-4-5-7-23(21)35-26)17(3)30-27(33-25)29-13-18-8-10-20(28)11-9-18/h4-11,15-16,19,22,34H,12-14H2,1-3H3,(H2,29,30,31,33)/t15-,16+,19+,22+/m0/s1. The second kappa shape index (κ2) is 9.87. The minimum absolute atomic E-state index is 0.189. The third kappa shape index (κ3) is 4.86. The Morgan fingerprint density at radius 3 is 2.51 bits per heavy atom. The maximum Gasteiger partial charge on any atom is 0.225 e. The first-order chi connectivity index (χ1) is 16.9. The fourth-order valence-corrected chi connectivity index (χ4v) is 6.00. The topological polar surface area (TPSA) is 83.0 Å². The number of aliphatic hydroxyl groups excluding tert-OH is 1. The van der Waals surface area contributed by atoms with Gasteiger partial charge in [-0.1, -0.05) is 38.1 Å². The van der Waals surface area contributed by atoms with Crippen LogP contribution in [0.25, 0.3) is 20.8 Å². The molecule has 4 atom stereocenters. The largest absolute Gasteiger partial charge is 0.396 e. The smallest absolute Gasteiger partial charge is 0.225 e. The van der Waals surface area contributed by atoms with Crippen LogP contribution >= 0.6 is 11.3 Å². The molecule has 35 heavy (non-hydrogen) atoms. The predicted octanol–water partition coefficient (Wildman–Crippen LogP) is 5.88. The number of rotatable bonds is 7. The summed E-state index contributed by atoms with van der Waals surface area (Å²) in [6.45, 7) is 7.11. The summed E-state index contributed by atoms with van der Waals surface area (Å²) >= 11 is 1.63. The minimum Gasteiger partial charge on any atom is -0.396 e. The third-order valence-corrected chi connectivity index (χ3v) is 8.34. The second-order valence-corrected chi connectivity index (χ2v) is 10.5. The molecule has 2 aromatic carbocycles. The number of aliphatic hydroxyl groups is 1. The maximum absolute atomic E-state index is 13.3. The number of aryl methyl sites for hydroxylation is 1. The number of hydrogen-bond donors (Lipinski definition) is 3. The van der Waals surface area contributed by atoms with Gasteiger partial charge in [-0.2, -0.15) is 4.98 Å². The van der Waals surface area contributed by atoms with Crippen LogP contribution in [0.3, 0.4) is 0 Å². The van der Waals surface area contributed by atoms with E-state index in [2.05, 4.69) is 30.5 Å². The van der Waals surface area contributed by atoms with Gasteiger partial charge >= 0.3 is 0 Å². The number of halogens is 1. The minimum atomic E-state index is -0.256. The zero-order valence-electron chi connectivity index (χ0n) is 20.1. The van der Waals surface area contributed by atoms with Crippen molar-refractivity contribution >= 4 is 33.3 Å². The molecule has 0 amide bonds. The van der Waals surface area contributed by atoms with Gasteiger partial charge in [0.1, 0.15) is 16.6 Å². The van der Waals surface area contributed by atoms with Crippen molar-refractivity contribution in [2.45, 2.75) is 39.8 Å². The Bertz CT molecular complexity index is 1290. The quantitative estimate of drug-likeness (QED) is 0.300. The summed E-state index contributed by atoms with van der Waals surface area (Å²) in [5.41, 5.74) is 3.65. The maximum atomic E-state index is 13.3. The van der Waals surface area contributed by atoms with Gasteiger partial charge in [0, 0.05) is 19.2 Å². The van der Waals surface area contributed by atoms with E-state index in [9.17, 15) is 9.50 Å². The van der Waals surface area contributed by atoms with Crippen molar-refractivity contribution in [2.24, 2.45) is 17.8 Å². The molecule has 8 heteroatoms. The lowest BCUT2D eigenvalue weighted by molar-refractivity contribution is 0.191. The van der Waals surface area contributed by atoms with E-state index in [0.717, 1.165) is 44.3 Å². The van der Waals surface area contributed by atoms with Crippen LogP contribution in [0, 0.1) is 30.5 Å². The van der Waals surface area contributed by atoms with Gasteiger partial charge in [0.2, 0.25) is 5.95 Å². The van der Waals surface area contributed by atoms with E-state index in [1.807, 2.05) is 25.1 Å². The van der Waals surface area contributed by atoms with Gasteiger partial charge < -0.3 is 15.7 Å².